The summed E-state index contributed by atoms with van der Waals surface area (Å²) < 4.78 is 0. The third kappa shape index (κ3) is 1.81. The molecule has 0 aliphatic carbocycles. The standard InChI is InChI=1S/C13H19N3O/c14-12-11(4-1-6-15-12)13(17)5-8-16-7-2-3-10(16)9-13/h1,4,6,10,17H,2-3,5,7-9H2,(H2,14,15). The van der Waals surface area contributed by atoms with Crippen molar-refractivity contribution in [3.05, 3.63) is 23.9 Å². The van der Waals surface area contributed by atoms with Crippen LogP contribution in [0, 0.1) is 0 Å². The van der Waals surface area contributed by atoms with Crippen molar-refractivity contribution in [1.29, 1.82) is 0 Å². The number of nitrogen functional groups attached to an aromatic ring is 1. The van der Waals surface area contributed by atoms with Gasteiger partial charge in [-0.15, -0.1) is 0 Å². The van der Waals surface area contributed by atoms with Gasteiger partial charge in [-0.25, -0.2) is 4.98 Å². The van der Waals surface area contributed by atoms with Crippen molar-refractivity contribution in [1.82, 2.24) is 9.88 Å². The average Bonchev–Trinajstić information content (AvgIpc) is 2.76. The van der Waals surface area contributed by atoms with Crippen LogP contribution >= 0.6 is 0 Å². The second-order valence-corrected chi connectivity index (χ2v) is 5.25. The molecule has 0 saturated carbocycles. The molecule has 2 aliphatic rings. The molecule has 0 aromatic carbocycles. The Morgan fingerprint density at radius 3 is 3.18 bits per heavy atom. The first-order chi connectivity index (χ1) is 8.19. The lowest BCUT2D eigenvalue weighted by Gasteiger charge is -2.41. The smallest absolute Gasteiger partial charge is 0.129 e. The molecule has 3 rings (SSSR count). The fourth-order valence-corrected chi connectivity index (χ4v) is 3.30. The topological polar surface area (TPSA) is 62.4 Å². The van der Waals surface area contributed by atoms with E-state index in [1.165, 1.54) is 19.4 Å². The molecule has 2 saturated heterocycles. The number of nitrogens with zero attached hydrogens (tertiary/aromatic N) is 2. The van der Waals surface area contributed by atoms with Crippen LogP contribution < -0.4 is 5.73 Å². The quantitative estimate of drug-likeness (QED) is 0.762. The summed E-state index contributed by atoms with van der Waals surface area (Å²) in [5, 5.41) is 10.8. The summed E-state index contributed by atoms with van der Waals surface area (Å²) in [4.78, 5) is 6.58. The van der Waals surface area contributed by atoms with Crippen LogP contribution in [0.4, 0.5) is 5.82 Å². The number of piperidine rings is 1. The maximum atomic E-state index is 10.8. The molecular formula is C13H19N3O. The Bertz CT molecular complexity index is 423. The van der Waals surface area contributed by atoms with E-state index in [-0.39, 0.29) is 0 Å². The SMILES string of the molecule is Nc1ncccc1C1(O)CCN2CCCC2C1. The first-order valence-corrected chi connectivity index (χ1v) is 6.36. The summed E-state index contributed by atoms with van der Waals surface area (Å²) in [7, 11) is 0. The van der Waals surface area contributed by atoms with Gasteiger partial charge < -0.3 is 15.7 Å². The zero-order valence-corrected chi connectivity index (χ0v) is 9.97. The zero-order chi connectivity index (χ0) is 11.9. The van der Waals surface area contributed by atoms with Crippen LogP contribution in [0.3, 0.4) is 0 Å². The number of rotatable bonds is 1. The van der Waals surface area contributed by atoms with Crippen molar-refractivity contribution in [2.24, 2.45) is 0 Å². The molecule has 2 unspecified atom stereocenters. The Labute approximate surface area is 101 Å². The summed E-state index contributed by atoms with van der Waals surface area (Å²) in [6, 6.07) is 4.28. The van der Waals surface area contributed by atoms with Crippen molar-refractivity contribution < 1.29 is 5.11 Å². The Morgan fingerprint density at radius 2 is 2.35 bits per heavy atom. The van der Waals surface area contributed by atoms with E-state index in [1.54, 1.807) is 6.20 Å². The number of aliphatic hydroxyl groups is 1. The van der Waals surface area contributed by atoms with Crippen molar-refractivity contribution in [2.75, 3.05) is 18.8 Å². The van der Waals surface area contributed by atoms with E-state index in [9.17, 15) is 5.11 Å². The minimum Gasteiger partial charge on any atom is -0.385 e. The van der Waals surface area contributed by atoms with Gasteiger partial charge in [0.1, 0.15) is 5.82 Å². The highest BCUT2D eigenvalue weighted by Gasteiger charge is 2.42. The summed E-state index contributed by atoms with van der Waals surface area (Å²) in [5.74, 6) is 0.474. The van der Waals surface area contributed by atoms with E-state index in [0.717, 1.165) is 24.9 Å². The van der Waals surface area contributed by atoms with Gasteiger partial charge in [-0.1, -0.05) is 6.07 Å². The van der Waals surface area contributed by atoms with Crippen LogP contribution in [0.15, 0.2) is 18.3 Å². The fourth-order valence-electron chi connectivity index (χ4n) is 3.30. The molecule has 0 spiro atoms. The molecule has 3 heterocycles. The van der Waals surface area contributed by atoms with Crippen LogP contribution in [0.2, 0.25) is 0 Å². The molecule has 4 heteroatoms. The summed E-state index contributed by atoms with van der Waals surface area (Å²) in [6.07, 6.45) is 5.68. The van der Waals surface area contributed by atoms with E-state index < -0.39 is 5.60 Å². The number of anilines is 1. The van der Waals surface area contributed by atoms with Gasteiger partial charge in [0.15, 0.2) is 0 Å². The lowest BCUT2D eigenvalue weighted by molar-refractivity contribution is -0.0405. The predicted octanol–water partition coefficient (Wildman–Crippen LogP) is 1.11. The minimum atomic E-state index is -0.774. The Balaban J connectivity index is 1.89. The van der Waals surface area contributed by atoms with Gasteiger partial charge in [-0.05, 0) is 38.3 Å². The predicted molar refractivity (Wildman–Crippen MR) is 66.4 cm³/mol. The van der Waals surface area contributed by atoms with Crippen molar-refractivity contribution in [3.63, 3.8) is 0 Å². The molecular weight excluding hydrogens is 214 g/mol. The first-order valence-electron chi connectivity index (χ1n) is 6.36. The third-order valence-electron chi connectivity index (χ3n) is 4.22. The summed E-state index contributed by atoms with van der Waals surface area (Å²) in [5.41, 5.74) is 5.93. The molecule has 2 fully saturated rings. The van der Waals surface area contributed by atoms with Gasteiger partial charge in [0.2, 0.25) is 0 Å². The molecule has 92 valence electrons. The lowest BCUT2D eigenvalue weighted by Crippen LogP contribution is -2.46. The van der Waals surface area contributed by atoms with E-state index in [2.05, 4.69) is 9.88 Å². The molecule has 2 aliphatic heterocycles. The molecule has 1 aromatic heterocycles. The fraction of sp³-hybridized carbons (Fsp3) is 0.615. The second kappa shape index (κ2) is 3.96. The van der Waals surface area contributed by atoms with Gasteiger partial charge in [-0.2, -0.15) is 0 Å². The normalized spacial score (nSPS) is 33.6. The number of hydrogen-bond acceptors (Lipinski definition) is 4. The molecule has 1 aromatic rings. The van der Waals surface area contributed by atoms with Gasteiger partial charge in [0.05, 0.1) is 5.60 Å². The van der Waals surface area contributed by atoms with Gasteiger partial charge in [-0.3, -0.25) is 0 Å². The van der Waals surface area contributed by atoms with Crippen molar-refractivity contribution in [3.8, 4) is 0 Å². The van der Waals surface area contributed by atoms with Crippen LogP contribution in [0.1, 0.15) is 31.2 Å². The molecule has 4 nitrogen and oxygen atoms in total. The Hall–Kier alpha value is -1.13. The maximum absolute atomic E-state index is 10.8. The lowest BCUT2D eigenvalue weighted by atomic mass is 9.81. The largest absolute Gasteiger partial charge is 0.385 e. The van der Waals surface area contributed by atoms with Crippen LogP contribution in [0.5, 0.6) is 0 Å². The van der Waals surface area contributed by atoms with Gasteiger partial charge in [0.25, 0.3) is 0 Å². The molecule has 0 radical (unpaired) electrons. The van der Waals surface area contributed by atoms with Crippen molar-refractivity contribution in [2.45, 2.75) is 37.3 Å². The highest BCUT2D eigenvalue weighted by Crippen LogP contribution is 2.40. The number of aromatic nitrogens is 1. The first kappa shape index (κ1) is 11.0. The monoisotopic (exact) mass is 233 g/mol. The third-order valence-corrected chi connectivity index (χ3v) is 4.22. The molecule has 0 bridgehead atoms. The number of fused-ring (bicyclic) bond motifs is 1. The van der Waals surface area contributed by atoms with E-state index in [4.69, 9.17) is 5.73 Å². The Morgan fingerprint density at radius 1 is 1.47 bits per heavy atom. The number of hydrogen-bond donors (Lipinski definition) is 2. The summed E-state index contributed by atoms with van der Waals surface area (Å²) >= 11 is 0. The second-order valence-electron chi connectivity index (χ2n) is 5.25. The van der Waals surface area contributed by atoms with E-state index in [1.807, 2.05) is 12.1 Å². The zero-order valence-electron chi connectivity index (χ0n) is 9.97. The van der Waals surface area contributed by atoms with Gasteiger partial charge >= 0.3 is 0 Å². The van der Waals surface area contributed by atoms with Crippen molar-refractivity contribution >= 4 is 5.82 Å². The minimum absolute atomic E-state index is 0.474. The van der Waals surface area contributed by atoms with Crippen LogP contribution in [-0.2, 0) is 5.60 Å². The van der Waals surface area contributed by atoms with E-state index >= 15 is 0 Å². The Kier molecular flexibility index (Phi) is 2.56. The molecule has 17 heavy (non-hydrogen) atoms. The summed E-state index contributed by atoms with van der Waals surface area (Å²) in [6.45, 7) is 2.15. The van der Waals surface area contributed by atoms with Gasteiger partial charge in [0, 0.05) is 24.3 Å². The van der Waals surface area contributed by atoms with Crippen LogP contribution in [0.25, 0.3) is 0 Å². The number of pyridine rings is 1. The number of nitrogens with two attached hydrogens (primary N) is 1. The maximum Gasteiger partial charge on any atom is 0.129 e. The molecule has 2 atom stereocenters. The van der Waals surface area contributed by atoms with Crippen LogP contribution in [-0.4, -0.2) is 34.1 Å². The average molecular weight is 233 g/mol. The highest BCUT2D eigenvalue weighted by atomic mass is 16.3. The molecule has 3 N–H and O–H groups in total. The van der Waals surface area contributed by atoms with E-state index in [0.29, 0.717) is 11.9 Å². The highest BCUT2D eigenvalue weighted by molar-refractivity contribution is 5.43. The molecule has 0 amide bonds.